The lowest BCUT2D eigenvalue weighted by Crippen LogP contribution is -2.47. The first-order chi connectivity index (χ1) is 9.59. The second kappa shape index (κ2) is 9.86. The number of hydrogen-bond donors (Lipinski definition) is 0. The van der Waals surface area contributed by atoms with Crippen LogP contribution in [-0.2, 0) is 22.8 Å². The Balaban J connectivity index is 2.36. The molecule has 1 saturated heterocycles. The van der Waals surface area contributed by atoms with Crippen molar-refractivity contribution in [1.29, 1.82) is 0 Å². The van der Waals surface area contributed by atoms with Gasteiger partial charge in [-0.25, -0.2) is 0 Å². The Kier molecular flexibility index (Phi) is 8.91. The highest BCUT2D eigenvalue weighted by molar-refractivity contribution is 6.59. The average Bonchev–Trinajstić information content (AvgIpc) is 2.34. The molecule has 0 aromatic carbocycles. The number of hydrogen-bond acceptors (Lipinski definition) is 5. The lowest BCUT2D eigenvalue weighted by molar-refractivity contribution is -0.272. The Morgan fingerprint density at radius 3 is 2.10 bits per heavy atom. The first kappa shape index (κ1) is 18.1. The first-order valence-corrected chi connectivity index (χ1v) is 10.0. The van der Waals surface area contributed by atoms with E-state index in [0.29, 0.717) is 13.2 Å². The van der Waals surface area contributed by atoms with Crippen LogP contribution >= 0.6 is 0 Å². The largest absolute Gasteiger partial charge is 0.499 e. The molecule has 2 atom stereocenters. The van der Waals surface area contributed by atoms with Crippen molar-refractivity contribution in [3.05, 3.63) is 0 Å². The van der Waals surface area contributed by atoms with Crippen molar-refractivity contribution in [2.24, 2.45) is 0 Å². The van der Waals surface area contributed by atoms with Crippen LogP contribution in [0.3, 0.4) is 0 Å². The minimum Gasteiger partial charge on any atom is -0.374 e. The fraction of sp³-hybridized carbons (Fsp3) is 1.00. The van der Waals surface area contributed by atoms with Gasteiger partial charge in [-0.15, -0.1) is 0 Å². The molecule has 0 spiro atoms. The van der Waals surface area contributed by atoms with E-state index >= 15 is 0 Å². The Hall–Kier alpha value is 0.0169. The molecule has 0 radical (unpaired) electrons. The summed E-state index contributed by atoms with van der Waals surface area (Å²) < 4.78 is 28.6. The number of rotatable bonds is 12. The third kappa shape index (κ3) is 7.15. The molecule has 120 valence electrons. The molecule has 1 aliphatic heterocycles. The summed E-state index contributed by atoms with van der Waals surface area (Å²) >= 11 is 0. The van der Waals surface area contributed by atoms with E-state index in [0.717, 1.165) is 38.7 Å². The minimum absolute atomic E-state index is 0.130. The van der Waals surface area contributed by atoms with Crippen LogP contribution in [0.1, 0.15) is 52.9 Å². The molecule has 0 N–H and O–H groups in total. The highest BCUT2D eigenvalue weighted by Gasteiger charge is 2.38. The second-order valence-electron chi connectivity index (χ2n) is 5.18. The van der Waals surface area contributed by atoms with Crippen molar-refractivity contribution in [2.75, 3.05) is 19.8 Å². The van der Waals surface area contributed by atoms with Gasteiger partial charge in [0, 0.05) is 26.2 Å². The average molecular weight is 306 g/mol. The van der Waals surface area contributed by atoms with E-state index in [2.05, 4.69) is 13.8 Å². The van der Waals surface area contributed by atoms with Gasteiger partial charge in [0.2, 0.25) is 0 Å². The van der Waals surface area contributed by atoms with Gasteiger partial charge in [0.05, 0.1) is 6.61 Å². The van der Waals surface area contributed by atoms with E-state index in [-0.39, 0.29) is 12.6 Å². The van der Waals surface area contributed by atoms with Gasteiger partial charge in [-0.2, -0.15) is 0 Å². The summed E-state index contributed by atoms with van der Waals surface area (Å²) in [6, 6.07) is 0. The number of unbranched alkanes of at least 4 members (excludes halogenated alkanes) is 2. The van der Waals surface area contributed by atoms with E-state index in [1.54, 1.807) is 0 Å². The predicted octanol–water partition coefficient (Wildman–Crippen LogP) is 3.31. The molecule has 0 amide bonds. The highest BCUT2D eigenvalue weighted by atomic mass is 28.4. The molecule has 1 rings (SSSR count). The van der Waals surface area contributed by atoms with E-state index < -0.39 is 8.80 Å². The summed E-state index contributed by atoms with van der Waals surface area (Å²) in [6.07, 6.45) is 4.67. The molecule has 0 aromatic rings. The number of ether oxygens (including phenoxy) is 2. The monoisotopic (exact) mass is 306 g/mol. The summed E-state index contributed by atoms with van der Waals surface area (Å²) in [6.45, 7) is 10.2. The molecular formula is C14H30O5Si. The Morgan fingerprint density at radius 1 is 1.15 bits per heavy atom. The highest BCUT2D eigenvalue weighted by Crippen LogP contribution is 2.19. The van der Waals surface area contributed by atoms with Crippen molar-refractivity contribution in [2.45, 2.75) is 72.0 Å². The minimum atomic E-state index is -2.62. The van der Waals surface area contributed by atoms with Crippen molar-refractivity contribution in [3.63, 3.8) is 0 Å². The third-order valence-electron chi connectivity index (χ3n) is 3.11. The van der Waals surface area contributed by atoms with Crippen LogP contribution in [0.5, 0.6) is 0 Å². The summed E-state index contributed by atoms with van der Waals surface area (Å²) in [5.41, 5.74) is 0. The van der Waals surface area contributed by atoms with E-state index in [1.165, 1.54) is 0 Å². The van der Waals surface area contributed by atoms with Crippen LogP contribution in [0.15, 0.2) is 0 Å². The maximum atomic E-state index is 5.93. The molecule has 5 nitrogen and oxygen atoms in total. The van der Waals surface area contributed by atoms with Crippen molar-refractivity contribution in [1.82, 2.24) is 0 Å². The Labute approximate surface area is 124 Å². The molecule has 1 heterocycles. The van der Waals surface area contributed by atoms with Crippen LogP contribution in [0.2, 0.25) is 6.55 Å². The van der Waals surface area contributed by atoms with Crippen molar-refractivity contribution < 1.29 is 22.8 Å². The maximum absolute atomic E-state index is 5.93. The van der Waals surface area contributed by atoms with Crippen LogP contribution in [-0.4, -0.2) is 41.2 Å². The zero-order valence-electron chi connectivity index (χ0n) is 13.4. The topological polar surface area (TPSA) is 46.2 Å². The van der Waals surface area contributed by atoms with Gasteiger partial charge in [0.15, 0.2) is 12.6 Å². The normalized spacial score (nSPS) is 20.7. The molecule has 0 aliphatic carbocycles. The van der Waals surface area contributed by atoms with Crippen LogP contribution < -0.4 is 0 Å². The van der Waals surface area contributed by atoms with E-state index in [1.807, 2.05) is 13.5 Å². The lowest BCUT2D eigenvalue weighted by Gasteiger charge is -2.33. The Morgan fingerprint density at radius 2 is 1.70 bits per heavy atom. The summed E-state index contributed by atoms with van der Waals surface area (Å²) in [4.78, 5) is 0. The fourth-order valence-corrected chi connectivity index (χ4v) is 3.69. The van der Waals surface area contributed by atoms with Crippen LogP contribution in [0.4, 0.5) is 0 Å². The quantitative estimate of drug-likeness (QED) is 0.314. The van der Waals surface area contributed by atoms with Gasteiger partial charge in [-0.1, -0.05) is 26.7 Å². The summed E-state index contributed by atoms with van der Waals surface area (Å²) in [5.74, 6) is 0. The molecule has 6 heteroatoms. The Bertz CT molecular complexity index is 238. The van der Waals surface area contributed by atoms with Crippen molar-refractivity contribution >= 4 is 8.80 Å². The van der Waals surface area contributed by atoms with Crippen molar-refractivity contribution in [3.8, 4) is 0 Å². The summed E-state index contributed by atoms with van der Waals surface area (Å²) in [7, 11) is -2.62. The predicted molar refractivity (Wildman–Crippen MR) is 79.3 cm³/mol. The fourth-order valence-electron chi connectivity index (χ4n) is 1.78. The van der Waals surface area contributed by atoms with Crippen LogP contribution in [0.25, 0.3) is 0 Å². The molecule has 0 bridgehead atoms. The first-order valence-electron chi connectivity index (χ1n) is 7.82. The molecule has 0 saturated carbocycles. The van der Waals surface area contributed by atoms with Gasteiger partial charge in [-0.3, -0.25) is 0 Å². The molecule has 1 fully saturated rings. The molecule has 1 aliphatic rings. The zero-order valence-corrected chi connectivity index (χ0v) is 14.4. The molecule has 20 heavy (non-hydrogen) atoms. The standard InChI is InChI=1S/C14H30O5Si/c1-5-7-10-16-20(4,17-11-8-6-2)19-13(3)18-14-9-12-15-14/h13-14H,5-12H2,1-4H3. The van der Waals surface area contributed by atoms with Gasteiger partial charge >= 0.3 is 8.80 Å². The van der Waals surface area contributed by atoms with Gasteiger partial charge in [-0.05, 0) is 19.8 Å². The zero-order chi connectivity index (χ0) is 14.8. The van der Waals surface area contributed by atoms with Gasteiger partial charge < -0.3 is 22.8 Å². The molecule has 0 aromatic heterocycles. The van der Waals surface area contributed by atoms with Gasteiger partial charge in [0.25, 0.3) is 0 Å². The lowest BCUT2D eigenvalue weighted by atomic mass is 10.3. The SMILES string of the molecule is CCCCO[Si](C)(OCCCC)OC(C)OC1CCO1. The second-order valence-corrected chi connectivity index (χ2v) is 7.71. The van der Waals surface area contributed by atoms with Crippen LogP contribution in [0, 0.1) is 0 Å². The summed E-state index contributed by atoms with van der Waals surface area (Å²) in [5, 5.41) is 0. The molecular weight excluding hydrogens is 276 g/mol. The molecule has 2 unspecified atom stereocenters. The maximum Gasteiger partial charge on any atom is 0.499 e. The van der Waals surface area contributed by atoms with Gasteiger partial charge in [0.1, 0.15) is 0 Å². The van der Waals surface area contributed by atoms with E-state index in [9.17, 15) is 0 Å². The third-order valence-corrected chi connectivity index (χ3v) is 5.32. The smallest absolute Gasteiger partial charge is 0.374 e. The van der Waals surface area contributed by atoms with E-state index in [4.69, 9.17) is 22.8 Å².